The molecule has 0 N–H and O–H groups in total. The van der Waals surface area contributed by atoms with Crippen molar-refractivity contribution in [3.63, 3.8) is 0 Å². The van der Waals surface area contributed by atoms with Gasteiger partial charge < -0.3 is 0 Å². The Bertz CT molecular complexity index is 574. The van der Waals surface area contributed by atoms with E-state index in [0.29, 0.717) is 6.04 Å². The molecule has 21 heavy (non-hydrogen) atoms. The predicted octanol–water partition coefficient (Wildman–Crippen LogP) is 4.73. The van der Waals surface area contributed by atoms with Gasteiger partial charge in [-0.05, 0) is 54.6 Å². The third-order valence-corrected chi connectivity index (χ3v) is 4.44. The van der Waals surface area contributed by atoms with Gasteiger partial charge in [-0.15, -0.1) is 0 Å². The van der Waals surface area contributed by atoms with Gasteiger partial charge in [0, 0.05) is 12.6 Å². The normalized spacial score (nSPS) is 19.0. The van der Waals surface area contributed by atoms with E-state index >= 15 is 0 Å². The molecule has 1 heterocycles. The average molecular weight is 283 g/mol. The van der Waals surface area contributed by atoms with E-state index < -0.39 is 0 Å². The first-order chi connectivity index (χ1) is 10.3. The fraction of sp³-hybridized carbons (Fsp3) is 0.368. The Morgan fingerprint density at radius 2 is 1.67 bits per heavy atom. The van der Waals surface area contributed by atoms with Gasteiger partial charge >= 0.3 is 0 Å². The Balaban J connectivity index is 1.72. The molecule has 0 aliphatic carbocycles. The summed E-state index contributed by atoms with van der Waals surface area (Å²) in [7, 11) is 0. The maximum Gasteiger partial charge on any atom is 0.123 e. The van der Waals surface area contributed by atoms with E-state index in [2.05, 4.69) is 36.1 Å². The Morgan fingerprint density at radius 1 is 1.00 bits per heavy atom. The minimum atomic E-state index is -0.154. The highest BCUT2D eigenvalue weighted by Gasteiger charge is 2.25. The highest BCUT2D eigenvalue weighted by atomic mass is 19.1. The van der Waals surface area contributed by atoms with Crippen LogP contribution in [0.2, 0.25) is 0 Å². The van der Waals surface area contributed by atoms with Crippen LogP contribution in [0.1, 0.15) is 42.5 Å². The monoisotopic (exact) mass is 283 g/mol. The third kappa shape index (κ3) is 3.33. The molecule has 2 aromatic rings. The van der Waals surface area contributed by atoms with Crippen molar-refractivity contribution in [3.05, 3.63) is 71.0 Å². The molecule has 0 bridgehead atoms. The van der Waals surface area contributed by atoms with Crippen molar-refractivity contribution in [1.29, 1.82) is 0 Å². The van der Waals surface area contributed by atoms with Crippen molar-refractivity contribution in [3.8, 4) is 0 Å². The van der Waals surface area contributed by atoms with E-state index in [0.717, 1.165) is 19.5 Å². The minimum Gasteiger partial charge on any atom is -0.292 e. The number of aryl methyl sites for hydroxylation is 1. The molecule has 3 rings (SSSR count). The zero-order valence-electron chi connectivity index (χ0n) is 12.6. The average Bonchev–Trinajstić information content (AvgIpc) is 2.97. The lowest BCUT2D eigenvalue weighted by molar-refractivity contribution is 0.248. The summed E-state index contributed by atoms with van der Waals surface area (Å²) in [4.78, 5) is 2.51. The van der Waals surface area contributed by atoms with Gasteiger partial charge in [0.15, 0.2) is 0 Å². The van der Waals surface area contributed by atoms with Crippen molar-refractivity contribution in [2.45, 2.75) is 38.8 Å². The van der Waals surface area contributed by atoms with Gasteiger partial charge in [0.1, 0.15) is 5.82 Å². The van der Waals surface area contributed by atoms with Gasteiger partial charge in [0.2, 0.25) is 0 Å². The standard InChI is InChI=1S/C19H22FN/c1-2-15-5-7-16(8-6-15)14-21-13-3-4-19(21)17-9-11-18(20)12-10-17/h5-12,19H,2-4,13-14H2,1H3/t19-/m1/s1. The van der Waals surface area contributed by atoms with E-state index in [1.807, 2.05) is 12.1 Å². The molecule has 110 valence electrons. The third-order valence-electron chi connectivity index (χ3n) is 4.44. The quantitative estimate of drug-likeness (QED) is 0.784. The second-order valence-electron chi connectivity index (χ2n) is 5.85. The summed E-state index contributed by atoms with van der Waals surface area (Å²) in [6, 6.07) is 16.3. The molecule has 0 unspecified atom stereocenters. The topological polar surface area (TPSA) is 3.24 Å². The van der Waals surface area contributed by atoms with Crippen LogP contribution in [0, 0.1) is 5.82 Å². The van der Waals surface area contributed by atoms with Gasteiger partial charge in [-0.1, -0.05) is 43.3 Å². The summed E-state index contributed by atoms with van der Waals surface area (Å²) in [5.74, 6) is -0.154. The lowest BCUT2D eigenvalue weighted by Gasteiger charge is -2.25. The van der Waals surface area contributed by atoms with Crippen LogP contribution in [-0.4, -0.2) is 11.4 Å². The summed E-state index contributed by atoms with van der Waals surface area (Å²) < 4.78 is 13.1. The predicted molar refractivity (Wildman–Crippen MR) is 84.6 cm³/mol. The molecular weight excluding hydrogens is 261 g/mol. The molecular formula is C19H22FN. The lowest BCUT2D eigenvalue weighted by atomic mass is 10.0. The van der Waals surface area contributed by atoms with E-state index in [1.165, 1.54) is 29.5 Å². The van der Waals surface area contributed by atoms with Crippen LogP contribution < -0.4 is 0 Å². The maximum atomic E-state index is 13.1. The highest BCUT2D eigenvalue weighted by Crippen LogP contribution is 2.33. The summed E-state index contributed by atoms with van der Waals surface area (Å²) in [5.41, 5.74) is 3.98. The van der Waals surface area contributed by atoms with Crippen LogP contribution in [0.25, 0.3) is 0 Å². The van der Waals surface area contributed by atoms with Gasteiger partial charge in [-0.25, -0.2) is 4.39 Å². The number of rotatable bonds is 4. The van der Waals surface area contributed by atoms with Crippen LogP contribution in [0.3, 0.4) is 0 Å². The Labute approximate surface area is 126 Å². The molecule has 0 spiro atoms. The summed E-state index contributed by atoms with van der Waals surface area (Å²) >= 11 is 0. The Hall–Kier alpha value is -1.67. The van der Waals surface area contributed by atoms with Gasteiger partial charge in [-0.3, -0.25) is 4.90 Å². The molecule has 0 amide bonds. The molecule has 1 aliphatic heterocycles. The summed E-state index contributed by atoms with van der Waals surface area (Å²) in [6.07, 6.45) is 3.47. The van der Waals surface area contributed by atoms with Gasteiger partial charge in [-0.2, -0.15) is 0 Å². The van der Waals surface area contributed by atoms with Gasteiger partial charge in [0.05, 0.1) is 0 Å². The molecule has 0 saturated carbocycles. The number of hydrogen-bond acceptors (Lipinski definition) is 1. The summed E-state index contributed by atoms with van der Waals surface area (Å²) in [5, 5.41) is 0. The van der Waals surface area contributed by atoms with Crippen molar-refractivity contribution in [1.82, 2.24) is 4.90 Å². The fourth-order valence-corrected chi connectivity index (χ4v) is 3.19. The van der Waals surface area contributed by atoms with Crippen molar-refractivity contribution < 1.29 is 4.39 Å². The Morgan fingerprint density at radius 3 is 2.33 bits per heavy atom. The zero-order valence-corrected chi connectivity index (χ0v) is 12.6. The molecule has 0 aromatic heterocycles. The minimum absolute atomic E-state index is 0.154. The number of nitrogens with zero attached hydrogens (tertiary/aromatic N) is 1. The molecule has 0 radical (unpaired) electrons. The van der Waals surface area contributed by atoms with E-state index in [9.17, 15) is 4.39 Å². The molecule has 2 aromatic carbocycles. The first-order valence-corrected chi connectivity index (χ1v) is 7.83. The second kappa shape index (κ2) is 6.40. The van der Waals surface area contributed by atoms with Crippen LogP contribution in [-0.2, 0) is 13.0 Å². The molecule has 1 saturated heterocycles. The lowest BCUT2D eigenvalue weighted by Crippen LogP contribution is -2.22. The first-order valence-electron chi connectivity index (χ1n) is 7.83. The van der Waals surface area contributed by atoms with E-state index in [1.54, 1.807) is 12.1 Å². The van der Waals surface area contributed by atoms with Crippen molar-refractivity contribution >= 4 is 0 Å². The number of benzene rings is 2. The molecule has 1 aliphatic rings. The zero-order chi connectivity index (χ0) is 14.7. The SMILES string of the molecule is CCc1ccc(CN2CCC[C@@H]2c2ccc(F)cc2)cc1. The van der Waals surface area contributed by atoms with Crippen molar-refractivity contribution in [2.75, 3.05) is 6.54 Å². The largest absolute Gasteiger partial charge is 0.292 e. The smallest absolute Gasteiger partial charge is 0.123 e. The fourth-order valence-electron chi connectivity index (χ4n) is 3.19. The highest BCUT2D eigenvalue weighted by molar-refractivity contribution is 5.24. The van der Waals surface area contributed by atoms with Crippen LogP contribution in [0.15, 0.2) is 48.5 Å². The van der Waals surface area contributed by atoms with Crippen LogP contribution >= 0.6 is 0 Å². The van der Waals surface area contributed by atoms with Crippen LogP contribution in [0.4, 0.5) is 4.39 Å². The Kier molecular flexibility index (Phi) is 4.35. The second-order valence-corrected chi connectivity index (χ2v) is 5.85. The maximum absolute atomic E-state index is 13.1. The van der Waals surface area contributed by atoms with Gasteiger partial charge in [0.25, 0.3) is 0 Å². The first kappa shape index (κ1) is 14.3. The van der Waals surface area contributed by atoms with Crippen molar-refractivity contribution in [2.24, 2.45) is 0 Å². The molecule has 1 fully saturated rings. The molecule has 2 heteroatoms. The van der Waals surface area contributed by atoms with E-state index in [4.69, 9.17) is 0 Å². The van der Waals surface area contributed by atoms with E-state index in [-0.39, 0.29) is 5.82 Å². The molecule has 1 atom stereocenters. The number of halogens is 1. The molecule has 1 nitrogen and oxygen atoms in total. The number of likely N-dealkylation sites (tertiary alicyclic amines) is 1. The van der Waals surface area contributed by atoms with Crippen LogP contribution in [0.5, 0.6) is 0 Å². The summed E-state index contributed by atoms with van der Waals surface area (Å²) in [6.45, 7) is 4.28. The number of hydrogen-bond donors (Lipinski definition) is 0.